The van der Waals surface area contributed by atoms with Crippen LogP contribution < -0.4 is 10.6 Å². The fourth-order valence-electron chi connectivity index (χ4n) is 2.35. The fraction of sp³-hybridized carbons (Fsp3) is 0.444. The summed E-state index contributed by atoms with van der Waals surface area (Å²) in [6, 6.07) is 8.55. The lowest BCUT2D eigenvalue weighted by Gasteiger charge is -2.11. The molecule has 0 atom stereocenters. The predicted octanol–water partition coefficient (Wildman–Crippen LogP) is 2.90. The topological polar surface area (TPSA) is 83.4 Å². The van der Waals surface area contributed by atoms with E-state index < -0.39 is 9.84 Å². The van der Waals surface area contributed by atoms with Crippen molar-refractivity contribution in [1.82, 2.24) is 15.6 Å². The van der Waals surface area contributed by atoms with Crippen LogP contribution in [0.25, 0.3) is 0 Å². The number of guanidine groups is 1. The highest BCUT2D eigenvalue weighted by Gasteiger charge is 2.13. The molecule has 1 aromatic carbocycles. The molecule has 0 spiro atoms. The summed E-state index contributed by atoms with van der Waals surface area (Å²) in [4.78, 5) is 10.2. The summed E-state index contributed by atoms with van der Waals surface area (Å²) in [5.74, 6) is 0.786. The Hall–Kier alpha value is -1.20. The molecule has 150 valence electrons. The van der Waals surface area contributed by atoms with Gasteiger partial charge in [0.15, 0.2) is 15.8 Å². The first-order chi connectivity index (χ1) is 12.5. The minimum absolute atomic E-state index is 0. The summed E-state index contributed by atoms with van der Waals surface area (Å²) in [6.07, 6.45) is 4.30. The van der Waals surface area contributed by atoms with Crippen LogP contribution in [0.4, 0.5) is 0 Å². The molecule has 0 unspecified atom stereocenters. The summed E-state index contributed by atoms with van der Waals surface area (Å²) in [5, 5.41) is 7.49. The van der Waals surface area contributed by atoms with Gasteiger partial charge in [-0.2, -0.15) is 0 Å². The van der Waals surface area contributed by atoms with E-state index in [9.17, 15) is 8.42 Å². The van der Waals surface area contributed by atoms with E-state index in [1.807, 2.05) is 12.3 Å². The highest BCUT2D eigenvalue weighted by molar-refractivity contribution is 14.0. The maximum absolute atomic E-state index is 12.2. The largest absolute Gasteiger partial charge is 0.356 e. The maximum atomic E-state index is 12.2. The summed E-state index contributed by atoms with van der Waals surface area (Å²) < 4.78 is 24.4. The van der Waals surface area contributed by atoms with E-state index in [1.54, 1.807) is 42.6 Å². The van der Waals surface area contributed by atoms with Crippen molar-refractivity contribution in [2.24, 2.45) is 4.99 Å². The lowest BCUT2D eigenvalue weighted by molar-refractivity contribution is 0.592. The van der Waals surface area contributed by atoms with Gasteiger partial charge >= 0.3 is 0 Å². The molecular formula is C18H27IN4O2S2. The number of nitrogens with zero attached hydrogens (tertiary/aromatic N) is 2. The van der Waals surface area contributed by atoms with Gasteiger partial charge in [0.25, 0.3) is 0 Å². The third kappa shape index (κ3) is 8.14. The average molecular weight is 522 g/mol. The highest BCUT2D eigenvalue weighted by Crippen LogP contribution is 2.13. The number of aliphatic imine (C=N–C) groups is 1. The summed E-state index contributed by atoms with van der Waals surface area (Å²) in [5.41, 5.74) is 0. The molecule has 0 aliphatic rings. The van der Waals surface area contributed by atoms with Crippen LogP contribution in [-0.4, -0.2) is 45.3 Å². The smallest absolute Gasteiger partial charge is 0.190 e. The molecule has 0 radical (unpaired) electrons. The normalized spacial score (nSPS) is 11.7. The molecule has 0 saturated heterocycles. The predicted molar refractivity (Wildman–Crippen MR) is 123 cm³/mol. The van der Waals surface area contributed by atoms with E-state index in [1.165, 1.54) is 4.88 Å². The Morgan fingerprint density at radius 2 is 1.89 bits per heavy atom. The van der Waals surface area contributed by atoms with Gasteiger partial charge in [-0.3, -0.25) is 4.99 Å². The van der Waals surface area contributed by atoms with Crippen LogP contribution in [0, 0.1) is 0 Å². The summed E-state index contributed by atoms with van der Waals surface area (Å²) in [6.45, 7) is 3.40. The van der Waals surface area contributed by atoms with E-state index in [0.717, 1.165) is 24.4 Å². The Morgan fingerprint density at radius 1 is 1.19 bits per heavy atom. The minimum atomic E-state index is -3.23. The van der Waals surface area contributed by atoms with Crippen molar-refractivity contribution in [2.45, 2.75) is 31.1 Å². The van der Waals surface area contributed by atoms with E-state index in [0.29, 0.717) is 23.8 Å². The maximum Gasteiger partial charge on any atom is 0.190 e. The first kappa shape index (κ1) is 23.8. The van der Waals surface area contributed by atoms with Gasteiger partial charge in [0, 0.05) is 37.6 Å². The quantitative estimate of drug-likeness (QED) is 0.229. The van der Waals surface area contributed by atoms with Crippen LogP contribution in [0.3, 0.4) is 0 Å². The van der Waals surface area contributed by atoms with Crippen molar-refractivity contribution < 1.29 is 8.42 Å². The van der Waals surface area contributed by atoms with E-state index in [4.69, 9.17) is 0 Å². The zero-order valence-corrected chi connectivity index (χ0v) is 19.6. The molecule has 1 aromatic heterocycles. The molecule has 9 heteroatoms. The van der Waals surface area contributed by atoms with Gasteiger partial charge in [-0.15, -0.1) is 35.3 Å². The molecule has 2 rings (SSSR count). The van der Waals surface area contributed by atoms with Crippen LogP contribution >= 0.6 is 35.3 Å². The lowest BCUT2D eigenvalue weighted by Crippen LogP contribution is -2.39. The molecule has 0 aliphatic carbocycles. The summed E-state index contributed by atoms with van der Waals surface area (Å²) in [7, 11) is -1.52. The second-order valence-electron chi connectivity index (χ2n) is 5.74. The number of nitrogens with one attached hydrogen (secondary N) is 2. The van der Waals surface area contributed by atoms with Crippen LogP contribution in [0.15, 0.2) is 46.4 Å². The lowest BCUT2D eigenvalue weighted by atomic mass is 10.4. The Morgan fingerprint density at radius 3 is 2.52 bits per heavy atom. The first-order valence-electron chi connectivity index (χ1n) is 8.71. The van der Waals surface area contributed by atoms with Crippen molar-refractivity contribution >= 4 is 51.1 Å². The third-order valence-electron chi connectivity index (χ3n) is 3.79. The van der Waals surface area contributed by atoms with Gasteiger partial charge in [0.2, 0.25) is 0 Å². The van der Waals surface area contributed by atoms with E-state index in [-0.39, 0.29) is 29.7 Å². The molecule has 0 fully saturated rings. The highest BCUT2D eigenvalue weighted by atomic mass is 127. The van der Waals surface area contributed by atoms with Gasteiger partial charge in [0.05, 0.1) is 15.7 Å². The number of rotatable bonds is 9. The molecule has 27 heavy (non-hydrogen) atoms. The van der Waals surface area contributed by atoms with Crippen LogP contribution in [0.5, 0.6) is 0 Å². The van der Waals surface area contributed by atoms with Gasteiger partial charge in [-0.1, -0.05) is 25.1 Å². The summed E-state index contributed by atoms with van der Waals surface area (Å²) >= 11 is 1.74. The first-order valence-corrected chi connectivity index (χ1v) is 11.2. The molecule has 6 nitrogen and oxygen atoms in total. The van der Waals surface area contributed by atoms with Crippen molar-refractivity contribution in [3.63, 3.8) is 0 Å². The third-order valence-corrected chi connectivity index (χ3v) is 6.81. The molecule has 0 aliphatic heterocycles. The molecular weight excluding hydrogens is 495 g/mol. The SMILES string of the molecule is CCc1cnc(CCNC(=NC)NCCCS(=O)(=O)c2ccccc2)s1.I. The van der Waals surface area contributed by atoms with Crippen molar-refractivity contribution in [2.75, 3.05) is 25.9 Å². The number of sulfone groups is 1. The number of thiazole rings is 1. The van der Waals surface area contributed by atoms with Gasteiger partial charge in [0.1, 0.15) is 0 Å². The number of hydrogen-bond donors (Lipinski definition) is 2. The molecule has 2 aromatic rings. The number of halogens is 1. The van der Waals surface area contributed by atoms with Crippen LogP contribution in [-0.2, 0) is 22.7 Å². The average Bonchev–Trinajstić information content (AvgIpc) is 3.12. The molecule has 0 saturated carbocycles. The van der Waals surface area contributed by atoms with Crippen molar-refractivity contribution in [3.8, 4) is 0 Å². The van der Waals surface area contributed by atoms with Gasteiger partial charge < -0.3 is 10.6 Å². The molecule has 0 bridgehead atoms. The monoisotopic (exact) mass is 522 g/mol. The molecule has 0 amide bonds. The number of hydrogen-bond acceptors (Lipinski definition) is 5. The van der Waals surface area contributed by atoms with Crippen LogP contribution in [0.1, 0.15) is 23.2 Å². The second-order valence-corrected chi connectivity index (χ2v) is 9.04. The number of aromatic nitrogens is 1. The van der Waals surface area contributed by atoms with Crippen molar-refractivity contribution in [1.29, 1.82) is 0 Å². The Balaban J connectivity index is 0.00000364. The van der Waals surface area contributed by atoms with Gasteiger partial charge in [-0.25, -0.2) is 13.4 Å². The Bertz CT molecular complexity index is 808. The molecule has 1 heterocycles. The van der Waals surface area contributed by atoms with E-state index >= 15 is 0 Å². The minimum Gasteiger partial charge on any atom is -0.356 e. The Kier molecular flexibility index (Phi) is 10.9. The number of aryl methyl sites for hydroxylation is 1. The zero-order valence-electron chi connectivity index (χ0n) is 15.6. The van der Waals surface area contributed by atoms with Crippen LogP contribution in [0.2, 0.25) is 0 Å². The molecule has 2 N–H and O–H groups in total. The fourth-order valence-corrected chi connectivity index (χ4v) is 4.54. The standard InChI is InChI=1S/C18H26N4O2S2.HI/c1-3-15-14-22-17(25-15)10-12-21-18(19-2)20-11-7-13-26(23,24)16-8-5-4-6-9-16;/h4-6,8-9,14H,3,7,10-13H2,1-2H3,(H2,19,20,21);1H. The zero-order chi connectivity index (χ0) is 18.8. The number of benzene rings is 1. The van der Waals surface area contributed by atoms with Gasteiger partial charge in [-0.05, 0) is 25.0 Å². The van der Waals surface area contributed by atoms with Crippen molar-refractivity contribution in [3.05, 3.63) is 46.4 Å². The second kappa shape index (κ2) is 12.3. The van der Waals surface area contributed by atoms with E-state index in [2.05, 4.69) is 27.5 Å². The Labute approximate surface area is 182 Å².